The summed E-state index contributed by atoms with van der Waals surface area (Å²) in [6.07, 6.45) is 1.18. The molecule has 0 aromatic heterocycles. The van der Waals surface area contributed by atoms with E-state index in [2.05, 4.69) is 5.32 Å². The van der Waals surface area contributed by atoms with Crippen molar-refractivity contribution in [3.63, 3.8) is 0 Å². The lowest BCUT2D eigenvalue weighted by molar-refractivity contribution is -0.139. The van der Waals surface area contributed by atoms with Gasteiger partial charge in [-0.3, -0.25) is 14.9 Å². The highest BCUT2D eigenvalue weighted by Gasteiger charge is 2.37. The van der Waals surface area contributed by atoms with Crippen LogP contribution in [0.3, 0.4) is 0 Å². The molecule has 0 aliphatic carbocycles. The summed E-state index contributed by atoms with van der Waals surface area (Å²) >= 11 is 12.1. The highest BCUT2D eigenvalue weighted by molar-refractivity contribution is 6.39. The van der Waals surface area contributed by atoms with Crippen molar-refractivity contribution >= 4 is 58.8 Å². The Bertz CT molecular complexity index is 1110. The summed E-state index contributed by atoms with van der Waals surface area (Å²) in [6.45, 7) is 1.13. The van der Waals surface area contributed by atoms with E-state index in [1.165, 1.54) is 36.4 Å². The van der Waals surface area contributed by atoms with Crippen molar-refractivity contribution in [1.29, 1.82) is 0 Å². The van der Waals surface area contributed by atoms with Crippen LogP contribution in [0.4, 0.5) is 10.5 Å². The van der Waals surface area contributed by atoms with Gasteiger partial charge in [-0.15, -0.1) is 0 Å². The highest BCUT2D eigenvalue weighted by Crippen LogP contribution is 2.29. The Balaban J connectivity index is 2.03. The lowest BCUT2D eigenvalue weighted by Gasteiger charge is -2.26. The van der Waals surface area contributed by atoms with Crippen molar-refractivity contribution in [2.45, 2.75) is 6.92 Å². The molecule has 2 aromatic carbocycles. The minimum atomic E-state index is -1.21. The largest absolute Gasteiger partial charge is 0.481 e. The number of urea groups is 1. The van der Waals surface area contributed by atoms with Gasteiger partial charge in [-0.2, -0.15) is 0 Å². The molecule has 0 radical (unpaired) electrons. The van der Waals surface area contributed by atoms with Crippen molar-refractivity contribution in [3.05, 3.63) is 63.1 Å². The molecule has 0 saturated carbocycles. The number of barbiturate groups is 1. The Kier molecular flexibility index (Phi) is 6.09. The van der Waals surface area contributed by atoms with Gasteiger partial charge in [0.1, 0.15) is 11.3 Å². The Morgan fingerprint density at radius 2 is 1.90 bits per heavy atom. The van der Waals surface area contributed by atoms with Crippen LogP contribution in [0.2, 0.25) is 10.0 Å². The summed E-state index contributed by atoms with van der Waals surface area (Å²) in [4.78, 5) is 49.2. The second-order valence-corrected chi connectivity index (χ2v) is 7.10. The molecule has 0 unspecified atom stereocenters. The molecule has 1 saturated heterocycles. The fourth-order valence-electron chi connectivity index (χ4n) is 2.67. The first-order valence-corrected chi connectivity index (χ1v) is 9.24. The fraction of sp³-hybridized carbons (Fsp3) is 0.100. The van der Waals surface area contributed by atoms with Gasteiger partial charge in [0.25, 0.3) is 11.8 Å². The van der Waals surface area contributed by atoms with E-state index in [1.54, 1.807) is 13.0 Å². The first-order valence-electron chi connectivity index (χ1n) is 8.49. The quantitative estimate of drug-likeness (QED) is 0.534. The normalized spacial score (nSPS) is 15.4. The topological polar surface area (TPSA) is 113 Å². The highest BCUT2D eigenvalue weighted by atomic mass is 35.5. The van der Waals surface area contributed by atoms with Gasteiger partial charge in [0.2, 0.25) is 0 Å². The average Bonchev–Trinajstić information content (AvgIpc) is 2.67. The van der Waals surface area contributed by atoms with E-state index in [4.69, 9.17) is 33.0 Å². The minimum absolute atomic E-state index is 0.0942. The average molecular weight is 449 g/mol. The van der Waals surface area contributed by atoms with Crippen molar-refractivity contribution in [1.82, 2.24) is 5.32 Å². The van der Waals surface area contributed by atoms with Crippen LogP contribution in [-0.2, 0) is 14.4 Å². The number of halogens is 2. The van der Waals surface area contributed by atoms with E-state index < -0.39 is 30.4 Å². The number of carbonyl (C=O) groups is 4. The first-order chi connectivity index (χ1) is 14.2. The van der Waals surface area contributed by atoms with Crippen LogP contribution in [0.1, 0.15) is 11.1 Å². The molecule has 30 heavy (non-hydrogen) atoms. The molecule has 1 heterocycles. The number of nitrogens with zero attached hydrogens (tertiary/aromatic N) is 1. The van der Waals surface area contributed by atoms with Crippen LogP contribution >= 0.6 is 23.2 Å². The van der Waals surface area contributed by atoms with Gasteiger partial charge in [0.15, 0.2) is 6.61 Å². The number of ether oxygens (including phenoxy) is 1. The maximum atomic E-state index is 13.0. The summed E-state index contributed by atoms with van der Waals surface area (Å²) < 4.78 is 5.18. The zero-order valence-electron chi connectivity index (χ0n) is 15.4. The predicted octanol–water partition coefficient (Wildman–Crippen LogP) is 3.43. The number of imide groups is 2. The van der Waals surface area contributed by atoms with E-state index in [-0.39, 0.29) is 27.6 Å². The van der Waals surface area contributed by atoms with Crippen LogP contribution in [0.15, 0.2) is 42.0 Å². The number of carboxylic acids is 1. The van der Waals surface area contributed by atoms with Gasteiger partial charge in [-0.25, -0.2) is 14.5 Å². The van der Waals surface area contributed by atoms with Gasteiger partial charge in [-0.05, 0) is 48.9 Å². The number of amides is 4. The van der Waals surface area contributed by atoms with E-state index >= 15 is 0 Å². The Labute approximate surface area is 180 Å². The first kappa shape index (κ1) is 21.4. The second-order valence-electron chi connectivity index (χ2n) is 6.26. The number of rotatable bonds is 5. The number of benzene rings is 2. The molecule has 0 bridgehead atoms. The van der Waals surface area contributed by atoms with Crippen LogP contribution < -0.4 is 15.0 Å². The predicted molar refractivity (Wildman–Crippen MR) is 110 cm³/mol. The Hall–Kier alpha value is -3.36. The molecule has 2 aromatic rings. The third-order valence-corrected chi connectivity index (χ3v) is 4.78. The van der Waals surface area contributed by atoms with E-state index in [1.807, 2.05) is 0 Å². The number of hydrogen-bond acceptors (Lipinski definition) is 5. The smallest absolute Gasteiger partial charge is 0.341 e. The summed E-state index contributed by atoms with van der Waals surface area (Å²) in [5.74, 6) is -2.91. The number of anilines is 1. The van der Waals surface area contributed by atoms with Gasteiger partial charge in [0, 0.05) is 15.6 Å². The van der Waals surface area contributed by atoms with Gasteiger partial charge < -0.3 is 9.84 Å². The standard InChI is InChI=1S/C20H14Cl2N2O6/c1-10-2-4-13(8-15(10)22)24-19(28)14(18(27)23-20(24)29)7-11-6-12(21)3-5-16(11)30-9-17(25)26/h2-8H,9H2,1H3,(H,25,26)(H,23,27,29)/b14-7+. The summed E-state index contributed by atoms with van der Waals surface area (Å²) in [5, 5.41) is 11.5. The number of carbonyl (C=O) groups excluding carboxylic acids is 3. The van der Waals surface area contributed by atoms with Crippen molar-refractivity contribution in [2.24, 2.45) is 0 Å². The number of aryl methyl sites for hydroxylation is 1. The molecule has 3 rings (SSSR count). The molecule has 4 amide bonds. The number of aliphatic carboxylic acids is 1. The van der Waals surface area contributed by atoms with Crippen LogP contribution in [0.5, 0.6) is 5.75 Å². The molecule has 0 atom stereocenters. The fourth-order valence-corrected chi connectivity index (χ4v) is 3.03. The molecular weight excluding hydrogens is 435 g/mol. The van der Waals surface area contributed by atoms with Gasteiger partial charge in [0.05, 0.1) is 5.69 Å². The van der Waals surface area contributed by atoms with Crippen LogP contribution in [0, 0.1) is 6.92 Å². The van der Waals surface area contributed by atoms with E-state index in [9.17, 15) is 19.2 Å². The maximum Gasteiger partial charge on any atom is 0.341 e. The molecule has 154 valence electrons. The van der Waals surface area contributed by atoms with Crippen LogP contribution in [0.25, 0.3) is 6.08 Å². The third-order valence-electron chi connectivity index (χ3n) is 4.14. The van der Waals surface area contributed by atoms with Crippen molar-refractivity contribution in [2.75, 3.05) is 11.5 Å². The molecule has 0 spiro atoms. The molecule has 8 nitrogen and oxygen atoms in total. The lowest BCUT2D eigenvalue weighted by Crippen LogP contribution is -2.54. The maximum absolute atomic E-state index is 13.0. The monoisotopic (exact) mass is 448 g/mol. The molecule has 1 fully saturated rings. The van der Waals surface area contributed by atoms with Crippen LogP contribution in [-0.4, -0.2) is 35.5 Å². The Morgan fingerprint density at radius 3 is 2.57 bits per heavy atom. The summed E-state index contributed by atoms with van der Waals surface area (Å²) in [6, 6.07) is 7.94. The molecular formula is C20H14Cl2N2O6. The number of carboxylic acid groups (broad SMARTS) is 1. The summed E-state index contributed by atoms with van der Waals surface area (Å²) in [5.41, 5.74) is 0.753. The molecule has 10 heteroatoms. The number of nitrogens with one attached hydrogen (secondary N) is 1. The SMILES string of the molecule is Cc1ccc(N2C(=O)NC(=O)/C(=C\c3cc(Cl)ccc3OCC(=O)O)C2=O)cc1Cl. The third kappa shape index (κ3) is 4.45. The molecule has 2 N–H and O–H groups in total. The zero-order chi connectivity index (χ0) is 22.0. The summed E-state index contributed by atoms with van der Waals surface area (Å²) in [7, 11) is 0. The zero-order valence-corrected chi connectivity index (χ0v) is 17.0. The van der Waals surface area contributed by atoms with Crippen molar-refractivity contribution < 1.29 is 29.0 Å². The molecule has 1 aliphatic rings. The van der Waals surface area contributed by atoms with E-state index in [0.29, 0.717) is 5.02 Å². The molecule has 1 aliphatic heterocycles. The number of hydrogen-bond donors (Lipinski definition) is 2. The van der Waals surface area contributed by atoms with Gasteiger partial charge >= 0.3 is 12.0 Å². The Morgan fingerprint density at radius 1 is 1.17 bits per heavy atom. The van der Waals surface area contributed by atoms with Gasteiger partial charge in [-0.1, -0.05) is 29.3 Å². The minimum Gasteiger partial charge on any atom is -0.481 e. The lowest BCUT2D eigenvalue weighted by atomic mass is 10.1. The van der Waals surface area contributed by atoms with Crippen molar-refractivity contribution in [3.8, 4) is 5.75 Å². The van der Waals surface area contributed by atoms with E-state index in [0.717, 1.165) is 10.5 Å². The second kappa shape index (κ2) is 8.56.